The lowest BCUT2D eigenvalue weighted by atomic mass is 10.2. The summed E-state index contributed by atoms with van der Waals surface area (Å²) in [5.74, 6) is 0.770. The van der Waals surface area contributed by atoms with Gasteiger partial charge in [0, 0.05) is 23.6 Å². The van der Waals surface area contributed by atoms with Gasteiger partial charge in [0.2, 0.25) is 0 Å². The van der Waals surface area contributed by atoms with E-state index < -0.39 is 0 Å². The maximum Gasteiger partial charge on any atom is 0.119 e. The average molecular weight is 262 g/mol. The first-order valence-electron chi connectivity index (χ1n) is 6.42. The van der Waals surface area contributed by atoms with Crippen molar-refractivity contribution in [2.24, 2.45) is 0 Å². The summed E-state index contributed by atoms with van der Waals surface area (Å²) in [7, 11) is 1.63. The molecule has 20 heavy (non-hydrogen) atoms. The second kappa shape index (κ2) is 5.10. The maximum atomic E-state index is 9.27. The lowest BCUT2D eigenvalue weighted by Crippen LogP contribution is -1.97. The molecule has 0 amide bonds. The predicted molar refractivity (Wildman–Crippen MR) is 78.7 cm³/mol. The van der Waals surface area contributed by atoms with Crippen LogP contribution in [0.25, 0.3) is 10.9 Å². The molecular weight excluding hydrogens is 248 g/mol. The van der Waals surface area contributed by atoms with Crippen molar-refractivity contribution in [1.82, 2.24) is 4.57 Å². The summed E-state index contributed by atoms with van der Waals surface area (Å²) in [5, 5.41) is 10.2. The number of nitriles is 1. The molecule has 1 heterocycles. The fourth-order valence-corrected chi connectivity index (χ4v) is 2.40. The van der Waals surface area contributed by atoms with E-state index in [1.807, 2.05) is 42.6 Å². The molecule has 0 aliphatic heterocycles. The molecule has 1 aromatic heterocycles. The summed E-state index contributed by atoms with van der Waals surface area (Å²) in [4.78, 5) is 0. The molecule has 0 saturated heterocycles. The minimum absolute atomic E-state index is 0.676. The first-order chi connectivity index (χ1) is 9.81. The molecule has 0 spiro atoms. The van der Waals surface area contributed by atoms with Crippen LogP contribution in [-0.4, -0.2) is 11.7 Å². The Morgan fingerprint density at radius 2 is 1.95 bits per heavy atom. The Morgan fingerprint density at radius 1 is 1.15 bits per heavy atom. The monoisotopic (exact) mass is 262 g/mol. The molecule has 3 rings (SSSR count). The highest BCUT2D eigenvalue weighted by molar-refractivity contribution is 5.87. The average Bonchev–Trinajstić information content (AvgIpc) is 2.85. The van der Waals surface area contributed by atoms with E-state index in [9.17, 15) is 5.26 Å². The van der Waals surface area contributed by atoms with Crippen LogP contribution < -0.4 is 4.74 Å². The van der Waals surface area contributed by atoms with E-state index in [0.717, 1.165) is 23.2 Å². The lowest BCUT2D eigenvalue weighted by Gasteiger charge is -2.06. The molecule has 3 heteroatoms. The van der Waals surface area contributed by atoms with Gasteiger partial charge in [-0.2, -0.15) is 5.26 Å². The van der Waals surface area contributed by atoms with Gasteiger partial charge >= 0.3 is 0 Å². The molecule has 0 radical (unpaired) electrons. The van der Waals surface area contributed by atoms with Crippen molar-refractivity contribution >= 4 is 10.9 Å². The summed E-state index contributed by atoms with van der Waals surface area (Å²) < 4.78 is 7.33. The third-order valence-electron chi connectivity index (χ3n) is 3.40. The maximum absolute atomic E-state index is 9.27. The third kappa shape index (κ3) is 2.12. The van der Waals surface area contributed by atoms with Crippen LogP contribution in [0.3, 0.4) is 0 Å². The second-order valence-electron chi connectivity index (χ2n) is 4.65. The number of nitrogens with zero attached hydrogens (tertiary/aromatic N) is 2. The van der Waals surface area contributed by atoms with E-state index in [-0.39, 0.29) is 0 Å². The van der Waals surface area contributed by atoms with Gasteiger partial charge in [0.25, 0.3) is 0 Å². The van der Waals surface area contributed by atoms with Crippen LogP contribution in [-0.2, 0) is 6.54 Å². The Kier molecular flexibility index (Phi) is 3.14. The van der Waals surface area contributed by atoms with Gasteiger partial charge < -0.3 is 9.30 Å². The van der Waals surface area contributed by atoms with E-state index in [0.29, 0.717) is 5.56 Å². The number of benzene rings is 2. The second-order valence-corrected chi connectivity index (χ2v) is 4.65. The predicted octanol–water partition coefficient (Wildman–Crippen LogP) is 3.57. The summed E-state index contributed by atoms with van der Waals surface area (Å²) >= 11 is 0. The zero-order valence-corrected chi connectivity index (χ0v) is 11.2. The number of hydrogen-bond donors (Lipinski definition) is 0. The zero-order chi connectivity index (χ0) is 13.9. The summed E-state index contributed by atoms with van der Waals surface area (Å²) in [6.07, 6.45) is 1.90. The topological polar surface area (TPSA) is 37.9 Å². The molecule has 3 aromatic rings. The van der Waals surface area contributed by atoms with Crippen molar-refractivity contribution in [2.75, 3.05) is 7.11 Å². The fourth-order valence-electron chi connectivity index (χ4n) is 2.40. The molecule has 98 valence electrons. The Labute approximate surface area is 117 Å². The number of fused-ring (bicyclic) bond motifs is 1. The first kappa shape index (κ1) is 12.3. The molecule has 0 atom stereocenters. The van der Waals surface area contributed by atoms with Crippen LogP contribution in [0.2, 0.25) is 0 Å². The van der Waals surface area contributed by atoms with Crippen LogP contribution in [0, 0.1) is 11.3 Å². The molecule has 0 aliphatic rings. The number of rotatable bonds is 3. The van der Waals surface area contributed by atoms with Gasteiger partial charge in [-0.3, -0.25) is 0 Å². The van der Waals surface area contributed by atoms with Crippen LogP contribution in [0.15, 0.2) is 54.7 Å². The van der Waals surface area contributed by atoms with Crippen molar-refractivity contribution in [1.29, 1.82) is 5.26 Å². The molecule has 0 bridgehead atoms. The van der Waals surface area contributed by atoms with E-state index in [4.69, 9.17) is 4.74 Å². The highest BCUT2D eigenvalue weighted by Crippen LogP contribution is 2.26. The van der Waals surface area contributed by atoms with E-state index >= 15 is 0 Å². The van der Waals surface area contributed by atoms with Gasteiger partial charge in [0.1, 0.15) is 11.8 Å². The quantitative estimate of drug-likeness (QED) is 0.723. The number of aromatic nitrogens is 1. The fraction of sp³-hybridized carbons (Fsp3) is 0.118. The summed E-state index contributed by atoms with van der Waals surface area (Å²) in [6, 6.07) is 18.3. The van der Waals surface area contributed by atoms with Crippen molar-refractivity contribution in [3.8, 4) is 11.8 Å². The van der Waals surface area contributed by atoms with Gasteiger partial charge in [-0.25, -0.2) is 0 Å². The van der Waals surface area contributed by atoms with Crippen LogP contribution in [0.1, 0.15) is 11.1 Å². The SMILES string of the molecule is COc1ccc2c(c1)c(C#N)cn2Cc1ccccc1. The largest absolute Gasteiger partial charge is 0.497 e. The van der Waals surface area contributed by atoms with Crippen molar-refractivity contribution in [3.63, 3.8) is 0 Å². The molecule has 3 nitrogen and oxygen atoms in total. The lowest BCUT2D eigenvalue weighted by molar-refractivity contribution is 0.415. The number of ether oxygens (including phenoxy) is 1. The van der Waals surface area contributed by atoms with Crippen LogP contribution >= 0.6 is 0 Å². The normalized spacial score (nSPS) is 10.4. The van der Waals surface area contributed by atoms with Crippen molar-refractivity contribution in [2.45, 2.75) is 6.54 Å². The smallest absolute Gasteiger partial charge is 0.119 e. The van der Waals surface area contributed by atoms with Crippen molar-refractivity contribution in [3.05, 3.63) is 65.9 Å². The number of hydrogen-bond acceptors (Lipinski definition) is 2. The standard InChI is InChI=1S/C17H14N2O/c1-20-15-7-8-17-16(9-15)14(10-18)12-19(17)11-13-5-3-2-4-6-13/h2-9,12H,11H2,1H3. The molecular formula is C17H14N2O. The highest BCUT2D eigenvalue weighted by atomic mass is 16.5. The van der Waals surface area contributed by atoms with Gasteiger partial charge in [-0.05, 0) is 23.8 Å². The van der Waals surface area contributed by atoms with Crippen molar-refractivity contribution < 1.29 is 4.74 Å². The van der Waals surface area contributed by atoms with Gasteiger partial charge in [-0.15, -0.1) is 0 Å². The third-order valence-corrected chi connectivity index (χ3v) is 3.40. The Morgan fingerprint density at radius 3 is 2.65 bits per heavy atom. The van der Waals surface area contributed by atoms with Crippen LogP contribution in [0.4, 0.5) is 0 Å². The van der Waals surface area contributed by atoms with E-state index in [1.54, 1.807) is 7.11 Å². The summed E-state index contributed by atoms with van der Waals surface area (Å²) in [6.45, 7) is 0.755. The molecule has 0 fully saturated rings. The van der Waals surface area contributed by atoms with Gasteiger partial charge in [-0.1, -0.05) is 30.3 Å². The minimum atomic E-state index is 0.676. The zero-order valence-electron chi connectivity index (χ0n) is 11.2. The van der Waals surface area contributed by atoms with E-state index in [2.05, 4.69) is 22.8 Å². The number of methoxy groups -OCH3 is 1. The Balaban J connectivity index is 2.10. The minimum Gasteiger partial charge on any atom is -0.497 e. The van der Waals surface area contributed by atoms with Gasteiger partial charge in [0.05, 0.1) is 12.7 Å². The highest BCUT2D eigenvalue weighted by Gasteiger charge is 2.09. The molecule has 0 saturated carbocycles. The molecule has 0 unspecified atom stereocenters. The molecule has 0 aliphatic carbocycles. The van der Waals surface area contributed by atoms with E-state index in [1.165, 1.54) is 5.56 Å². The summed E-state index contributed by atoms with van der Waals surface area (Å²) in [5.41, 5.74) is 2.94. The molecule has 2 aromatic carbocycles. The Bertz CT molecular complexity index is 782. The van der Waals surface area contributed by atoms with Crippen LogP contribution in [0.5, 0.6) is 5.75 Å². The van der Waals surface area contributed by atoms with Gasteiger partial charge in [0.15, 0.2) is 0 Å². The Hall–Kier alpha value is -2.73. The first-order valence-corrected chi connectivity index (χ1v) is 6.42. The molecule has 0 N–H and O–H groups in total.